The number of nitriles is 1. The molecular formula is C18H27NO2. The molecule has 3 rings (SSSR count). The minimum absolute atomic E-state index is 0.0775. The van der Waals surface area contributed by atoms with Gasteiger partial charge in [-0.3, -0.25) is 0 Å². The molecule has 0 saturated heterocycles. The summed E-state index contributed by atoms with van der Waals surface area (Å²) in [5.74, 6) is 1.77. The number of hydrogen-bond acceptors (Lipinski definition) is 3. The van der Waals surface area contributed by atoms with Crippen LogP contribution in [0.2, 0.25) is 0 Å². The van der Waals surface area contributed by atoms with Gasteiger partial charge in [-0.05, 0) is 56.4 Å². The summed E-state index contributed by atoms with van der Waals surface area (Å²) in [7, 11) is 0. The predicted octanol–water partition coefficient (Wildman–Crippen LogP) is 4.07. The lowest BCUT2D eigenvalue weighted by atomic mass is 9.57. The Morgan fingerprint density at radius 2 is 2.19 bits per heavy atom. The quantitative estimate of drug-likeness (QED) is 0.797. The lowest BCUT2D eigenvalue weighted by molar-refractivity contribution is -0.0574. The molecule has 0 aromatic carbocycles. The fourth-order valence-corrected chi connectivity index (χ4v) is 4.69. The zero-order valence-electron chi connectivity index (χ0n) is 13.1. The number of fused-ring (bicyclic) bond motifs is 2. The Morgan fingerprint density at radius 1 is 1.33 bits per heavy atom. The summed E-state index contributed by atoms with van der Waals surface area (Å²) < 4.78 is 6.25. The van der Waals surface area contributed by atoms with Crippen LogP contribution in [-0.2, 0) is 4.74 Å². The van der Waals surface area contributed by atoms with E-state index in [0.717, 1.165) is 51.4 Å². The Labute approximate surface area is 128 Å². The molecule has 3 nitrogen and oxygen atoms in total. The van der Waals surface area contributed by atoms with Crippen LogP contribution in [0, 0.1) is 22.7 Å². The Balaban J connectivity index is 1.71. The summed E-state index contributed by atoms with van der Waals surface area (Å²) in [6, 6.07) is 2.22. The highest BCUT2D eigenvalue weighted by Gasteiger charge is 2.48. The molecule has 1 aliphatic heterocycles. The number of rotatable bonds is 3. The van der Waals surface area contributed by atoms with Crippen LogP contribution in [0.1, 0.15) is 71.1 Å². The second-order valence-electron chi connectivity index (χ2n) is 7.28. The van der Waals surface area contributed by atoms with E-state index >= 15 is 0 Å². The van der Waals surface area contributed by atoms with Crippen LogP contribution in [0.15, 0.2) is 11.3 Å². The van der Waals surface area contributed by atoms with Gasteiger partial charge < -0.3 is 9.84 Å². The van der Waals surface area contributed by atoms with Crippen LogP contribution >= 0.6 is 0 Å². The molecule has 0 aromatic rings. The van der Waals surface area contributed by atoms with Gasteiger partial charge in [-0.15, -0.1) is 0 Å². The van der Waals surface area contributed by atoms with Crippen LogP contribution in [0.4, 0.5) is 0 Å². The first-order valence-electron chi connectivity index (χ1n) is 8.58. The third-order valence-corrected chi connectivity index (χ3v) is 6.06. The number of unbranched alkanes of at least 4 members (excludes halogenated alkanes) is 1. The molecule has 3 unspecified atom stereocenters. The third kappa shape index (κ3) is 2.71. The normalized spacial score (nSPS) is 39.0. The van der Waals surface area contributed by atoms with E-state index in [0.29, 0.717) is 18.4 Å². The Bertz CT molecular complexity index is 464. The van der Waals surface area contributed by atoms with Gasteiger partial charge >= 0.3 is 0 Å². The van der Waals surface area contributed by atoms with Gasteiger partial charge in [-0.1, -0.05) is 13.3 Å². The molecule has 0 radical (unpaired) electrons. The molecule has 0 spiro atoms. The first-order valence-corrected chi connectivity index (χ1v) is 8.58. The first-order chi connectivity index (χ1) is 10.1. The first kappa shape index (κ1) is 14.9. The predicted molar refractivity (Wildman–Crippen MR) is 81.3 cm³/mol. The highest BCUT2D eigenvalue weighted by molar-refractivity contribution is 5.24. The summed E-state index contributed by atoms with van der Waals surface area (Å²) in [6.07, 6.45) is 10.4. The fraction of sp³-hybridized carbons (Fsp3) is 0.833. The van der Waals surface area contributed by atoms with Crippen molar-refractivity contribution in [1.29, 1.82) is 5.26 Å². The van der Waals surface area contributed by atoms with E-state index in [4.69, 9.17) is 10.00 Å². The molecule has 0 amide bonds. The van der Waals surface area contributed by atoms with Crippen molar-refractivity contribution in [2.75, 3.05) is 0 Å². The van der Waals surface area contributed by atoms with Crippen molar-refractivity contribution in [1.82, 2.24) is 0 Å². The molecule has 2 aliphatic carbocycles. The summed E-state index contributed by atoms with van der Waals surface area (Å²) in [4.78, 5) is 0. The van der Waals surface area contributed by atoms with Crippen molar-refractivity contribution in [2.24, 2.45) is 11.3 Å². The molecule has 1 heterocycles. The second kappa shape index (κ2) is 6.01. The summed E-state index contributed by atoms with van der Waals surface area (Å²) >= 11 is 0. The van der Waals surface area contributed by atoms with Gasteiger partial charge in [0, 0.05) is 18.3 Å². The zero-order chi connectivity index (χ0) is 14.9. The van der Waals surface area contributed by atoms with Crippen molar-refractivity contribution < 1.29 is 9.84 Å². The summed E-state index contributed by atoms with van der Waals surface area (Å²) in [6.45, 7) is 2.28. The van der Waals surface area contributed by atoms with Crippen molar-refractivity contribution in [3.63, 3.8) is 0 Å². The standard InChI is InChI=1S/C18H27NO2/c1-18-11-10-16-14(15(18)6-4-7-17(18)20)9-8-13(21-16)5-2-3-12-19/h13,15,17,20H,2-11H2,1H3/t13?,15?,17-,18?/m0/s1. The Morgan fingerprint density at radius 3 is 3.00 bits per heavy atom. The average molecular weight is 289 g/mol. The maximum Gasteiger partial charge on any atom is 0.0985 e. The van der Waals surface area contributed by atoms with Gasteiger partial charge in [0.15, 0.2) is 0 Å². The summed E-state index contributed by atoms with van der Waals surface area (Å²) in [5.41, 5.74) is 1.59. The molecule has 0 aromatic heterocycles. The number of allylic oxidation sites excluding steroid dienone is 2. The topological polar surface area (TPSA) is 53.2 Å². The lowest BCUT2D eigenvalue weighted by Gasteiger charge is -2.51. The highest BCUT2D eigenvalue weighted by atomic mass is 16.5. The van der Waals surface area contributed by atoms with Gasteiger partial charge in [0.2, 0.25) is 0 Å². The van der Waals surface area contributed by atoms with Gasteiger partial charge in [0.1, 0.15) is 0 Å². The molecule has 1 N–H and O–H groups in total. The minimum Gasteiger partial charge on any atom is -0.495 e. The lowest BCUT2D eigenvalue weighted by Crippen LogP contribution is -2.46. The Hall–Kier alpha value is -1.01. The van der Waals surface area contributed by atoms with E-state index < -0.39 is 0 Å². The molecule has 4 atom stereocenters. The van der Waals surface area contributed by atoms with Crippen molar-refractivity contribution in [3.8, 4) is 6.07 Å². The minimum atomic E-state index is -0.140. The SMILES string of the molecule is CC12CCC3=C(CCC(CCCC#N)O3)C1CCC[C@@H]2O. The number of nitrogens with zero attached hydrogens (tertiary/aromatic N) is 1. The van der Waals surface area contributed by atoms with E-state index in [1.807, 2.05) is 0 Å². The van der Waals surface area contributed by atoms with Gasteiger partial charge in [0.05, 0.1) is 24.0 Å². The molecule has 116 valence electrons. The molecule has 0 bridgehead atoms. The van der Waals surface area contributed by atoms with Crippen LogP contribution in [0.3, 0.4) is 0 Å². The van der Waals surface area contributed by atoms with E-state index in [1.54, 1.807) is 0 Å². The van der Waals surface area contributed by atoms with Crippen LogP contribution in [0.25, 0.3) is 0 Å². The average Bonchev–Trinajstić information content (AvgIpc) is 2.49. The molecule has 3 heteroatoms. The summed E-state index contributed by atoms with van der Waals surface area (Å²) in [5, 5.41) is 19.1. The van der Waals surface area contributed by atoms with E-state index in [-0.39, 0.29) is 11.5 Å². The van der Waals surface area contributed by atoms with Gasteiger partial charge in [-0.25, -0.2) is 0 Å². The smallest absolute Gasteiger partial charge is 0.0985 e. The largest absolute Gasteiger partial charge is 0.495 e. The molecule has 1 fully saturated rings. The van der Waals surface area contributed by atoms with Crippen LogP contribution < -0.4 is 0 Å². The maximum absolute atomic E-state index is 10.5. The number of aliphatic hydroxyl groups is 1. The number of ether oxygens (including phenoxy) is 1. The van der Waals surface area contributed by atoms with Gasteiger partial charge in [0.25, 0.3) is 0 Å². The number of aliphatic hydroxyl groups excluding tert-OH is 1. The zero-order valence-corrected chi connectivity index (χ0v) is 13.1. The highest BCUT2D eigenvalue weighted by Crippen LogP contribution is 2.54. The molecule has 1 saturated carbocycles. The molecule has 21 heavy (non-hydrogen) atoms. The van der Waals surface area contributed by atoms with E-state index in [9.17, 15) is 5.11 Å². The Kier molecular flexibility index (Phi) is 4.26. The second-order valence-corrected chi connectivity index (χ2v) is 7.28. The molecular weight excluding hydrogens is 262 g/mol. The van der Waals surface area contributed by atoms with Crippen LogP contribution in [-0.4, -0.2) is 17.3 Å². The van der Waals surface area contributed by atoms with Crippen molar-refractivity contribution in [3.05, 3.63) is 11.3 Å². The third-order valence-electron chi connectivity index (χ3n) is 6.06. The van der Waals surface area contributed by atoms with Gasteiger partial charge in [-0.2, -0.15) is 5.26 Å². The molecule has 3 aliphatic rings. The fourth-order valence-electron chi connectivity index (χ4n) is 4.69. The van der Waals surface area contributed by atoms with E-state index in [1.165, 1.54) is 17.8 Å². The van der Waals surface area contributed by atoms with E-state index in [2.05, 4.69) is 13.0 Å². The van der Waals surface area contributed by atoms with Crippen LogP contribution in [0.5, 0.6) is 0 Å². The van der Waals surface area contributed by atoms with Crippen molar-refractivity contribution >= 4 is 0 Å². The monoisotopic (exact) mass is 289 g/mol. The number of hydrogen-bond donors (Lipinski definition) is 1. The van der Waals surface area contributed by atoms with Crippen molar-refractivity contribution in [2.45, 2.75) is 83.3 Å². The maximum atomic E-state index is 10.5.